The van der Waals surface area contributed by atoms with Crippen LogP contribution in [0.25, 0.3) is 11.0 Å². The van der Waals surface area contributed by atoms with Crippen LogP contribution in [0.15, 0.2) is 61.6 Å². The molecule has 2 N–H and O–H groups in total. The van der Waals surface area contributed by atoms with Gasteiger partial charge in [0.1, 0.15) is 17.5 Å². The van der Waals surface area contributed by atoms with E-state index in [9.17, 15) is 4.79 Å². The smallest absolute Gasteiger partial charge is 0.247 e. The van der Waals surface area contributed by atoms with Crippen LogP contribution in [-0.4, -0.2) is 89.9 Å². The molecule has 0 radical (unpaired) electrons. The third-order valence-corrected chi connectivity index (χ3v) is 8.37. The van der Waals surface area contributed by atoms with Crippen molar-refractivity contribution in [1.82, 2.24) is 24.4 Å². The van der Waals surface area contributed by atoms with Crippen molar-refractivity contribution in [3.63, 3.8) is 0 Å². The van der Waals surface area contributed by atoms with Crippen LogP contribution >= 0.6 is 0 Å². The van der Waals surface area contributed by atoms with Crippen molar-refractivity contribution < 1.29 is 14.3 Å². The fourth-order valence-electron chi connectivity index (χ4n) is 5.80. The lowest BCUT2D eigenvalue weighted by Gasteiger charge is -2.40. The topological polar surface area (TPSA) is 113 Å². The van der Waals surface area contributed by atoms with Crippen LogP contribution in [0, 0.1) is 0 Å². The van der Waals surface area contributed by atoms with Gasteiger partial charge in [-0.2, -0.15) is 4.98 Å². The second kappa shape index (κ2) is 12.4. The Morgan fingerprint density at radius 2 is 1.89 bits per heavy atom. The molecule has 2 saturated heterocycles. The number of nitrogens with one attached hydrogen (secondary N) is 2. The van der Waals surface area contributed by atoms with E-state index in [0.29, 0.717) is 35.0 Å². The van der Waals surface area contributed by atoms with Crippen molar-refractivity contribution in [3.05, 3.63) is 61.6 Å². The Morgan fingerprint density at radius 3 is 2.61 bits per heavy atom. The van der Waals surface area contributed by atoms with Crippen LogP contribution in [0.5, 0.6) is 11.6 Å². The minimum Gasteiger partial charge on any atom is -0.494 e. The van der Waals surface area contributed by atoms with Crippen molar-refractivity contribution in [2.24, 2.45) is 7.05 Å². The average Bonchev–Trinajstić information content (AvgIpc) is 3.38. The van der Waals surface area contributed by atoms with Gasteiger partial charge in [0.2, 0.25) is 17.7 Å². The first-order valence-corrected chi connectivity index (χ1v) is 14.8. The Labute approximate surface area is 257 Å². The van der Waals surface area contributed by atoms with Gasteiger partial charge >= 0.3 is 0 Å². The standard InChI is InChI=1S/C32H39N9O3/c1-6-29(42)35-25-16-26(28(43-5)17-27(25)40-13-9-22(10-14-40)38(2)3)36-32-33-11-7-30(37-32)44-24-19-41(20-24)23-15-21-8-12-39(4)31(21)34-18-23/h6-8,11-12,15-18,22,24H,1,9-10,13-14,19-20H2,2-5H3,(H,35,42)(H,33,36,37). The molecule has 2 aliphatic heterocycles. The number of methoxy groups -OCH3 is 1. The minimum atomic E-state index is -0.286. The van der Waals surface area contributed by atoms with Crippen LogP contribution in [0.1, 0.15) is 12.8 Å². The third-order valence-electron chi connectivity index (χ3n) is 8.37. The number of amides is 1. The molecular formula is C32H39N9O3. The summed E-state index contributed by atoms with van der Waals surface area (Å²) in [4.78, 5) is 32.8. The van der Waals surface area contributed by atoms with Crippen LogP contribution in [-0.2, 0) is 11.8 Å². The molecule has 0 aliphatic carbocycles. The molecule has 2 aliphatic rings. The highest BCUT2D eigenvalue weighted by atomic mass is 16.5. The van der Waals surface area contributed by atoms with Gasteiger partial charge in [-0.05, 0) is 51.2 Å². The molecule has 4 aromatic rings. The Bertz CT molecular complexity index is 1660. The highest BCUT2D eigenvalue weighted by molar-refractivity contribution is 6.02. The summed E-state index contributed by atoms with van der Waals surface area (Å²) in [5.74, 6) is 1.16. The van der Waals surface area contributed by atoms with E-state index in [0.717, 1.165) is 61.4 Å². The van der Waals surface area contributed by atoms with Crippen LogP contribution in [0.4, 0.5) is 28.7 Å². The SMILES string of the molecule is C=CC(=O)Nc1cc(Nc2nccc(OC3CN(c4cnc5c(ccn5C)c4)C3)n2)c(OC)cc1N1CCC(N(C)C)CC1. The molecule has 44 heavy (non-hydrogen) atoms. The van der Waals surface area contributed by atoms with Crippen molar-refractivity contribution in [2.45, 2.75) is 25.0 Å². The number of carbonyl (C=O) groups excluding carboxylic acids is 1. The molecule has 1 aromatic carbocycles. The summed E-state index contributed by atoms with van der Waals surface area (Å²) in [6.45, 7) is 6.83. The summed E-state index contributed by atoms with van der Waals surface area (Å²) in [7, 11) is 7.85. The summed E-state index contributed by atoms with van der Waals surface area (Å²) < 4.78 is 14.0. The zero-order chi connectivity index (χ0) is 30.8. The molecule has 0 unspecified atom stereocenters. The Kier molecular flexibility index (Phi) is 8.25. The van der Waals surface area contributed by atoms with Crippen LogP contribution < -0.4 is 29.9 Å². The number of rotatable bonds is 10. The van der Waals surface area contributed by atoms with Gasteiger partial charge in [-0.1, -0.05) is 6.58 Å². The maximum absolute atomic E-state index is 12.4. The van der Waals surface area contributed by atoms with E-state index in [1.54, 1.807) is 19.4 Å². The maximum atomic E-state index is 12.4. The normalized spacial score (nSPS) is 15.8. The van der Waals surface area contributed by atoms with Crippen LogP contribution in [0.2, 0.25) is 0 Å². The number of aryl methyl sites for hydroxylation is 1. The number of fused-ring (bicyclic) bond motifs is 1. The van der Waals surface area contributed by atoms with Gasteiger partial charge < -0.3 is 39.4 Å². The number of pyridine rings is 1. The number of nitrogens with zero attached hydrogens (tertiary/aromatic N) is 7. The van der Waals surface area contributed by atoms with E-state index in [1.165, 1.54) is 6.08 Å². The lowest BCUT2D eigenvalue weighted by Crippen LogP contribution is -2.54. The quantitative estimate of drug-likeness (QED) is 0.260. The molecule has 1 amide bonds. The number of hydrogen-bond acceptors (Lipinski definition) is 10. The first kappa shape index (κ1) is 29.2. The largest absolute Gasteiger partial charge is 0.494 e. The molecule has 0 atom stereocenters. The first-order chi connectivity index (χ1) is 21.3. The molecule has 2 fully saturated rings. The van der Waals surface area contributed by atoms with E-state index in [2.05, 4.69) is 73.1 Å². The second-order valence-corrected chi connectivity index (χ2v) is 11.5. The molecule has 0 bridgehead atoms. The highest BCUT2D eigenvalue weighted by Crippen LogP contribution is 2.39. The van der Waals surface area contributed by atoms with Gasteiger partial charge in [-0.15, -0.1) is 0 Å². The van der Waals surface area contributed by atoms with Crippen LogP contribution in [0.3, 0.4) is 0 Å². The molecule has 230 valence electrons. The summed E-state index contributed by atoms with van der Waals surface area (Å²) >= 11 is 0. The second-order valence-electron chi connectivity index (χ2n) is 11.5. The lowest BCUT2D eigenvalue weighted by molar-refractivity contribution is -0.111. The average molecular weight is 598 g/mol. The van der Waals surface area contributed by atoms with Crippen molar-refractivity contribution in [1.29, 1.82) is 0 Å². The van der Waals surface area contributed by atoms with E-state index in [-0.39, 0.29) is 12.0 Å². The first-order valence-electron chi connectivity index (χ1n) is 14.8. The maximum Gasteiger partial charge on any atom is 0.247 e. The number of piperidine rings is 1. The number of hydrogen-bond donors (Lipinski definition) is 2. The molecule has 0 spiro atoms. The van der Waals surface area contributed by atoms with E-state index in [4.69, 9.17) is 9.47 Å². The van der Waals surface area contributed by atoms with Crippen molar-refractivity contribution in [3.8, 4) is 11.6 Å². The fourth-order valence-corrected chi connectivity index (χ4v) is 5.80. The summed E-state index contributed by atoms with van der Waals surface area (Å²) in [6.07, 6.45) is 8.90. The summed E-state index contributed by atoms with van der Waals surface area (Å²) in [6, 6.07) is 10.3. The minimum absolute atomic E-state index is 0.00426. The number of carbonyl (C=O) groups is 1. The molecule has 5 heterocycles. The monoisotopic (exact) mass is 597 g/mol. The summed E-state index contributed by atoms with van der Waals surface area (Å²) in [5.41, 5.74) is 4.22. The van der Waals surface area contributed by atoms with Gasteiger partial charge in [-0.25, -0.2) is 9.97 Å². The summed E-state index contributed by atoms with van der Waals surface area (Å²) in [5, 5.41) is 7.35. The fraction of sp³-hybridized carbons (Fsp3) is 0.375. The van der Waals surface area contributed by atoms with E-state index in [1.807, 2.05) is 36.1 Å². The Morgan fingerprint density at radius 1 is 1.09 bits per heavy atom. The van der Waals surface area contributed by atoms with Gasteiger partial charge in [0, 0.05) is 56.1 Å². The van der Waals surface area contributed by atoms with Crippen molar-refractivity contribution in [2.75, 3.05) is 67.8 Å². The molecular weight excluding hydrogens is 558 g/mol. The molecule has 12 heteroatoms. The Hall–Kier alpha value is -4.84. The number of aromatic nitrogens is 4. The van der Waals surface area contributed by atoms with Gasteiger partial charge in [0.25, 0.3) is 0 Å². The van der Waals surface area contributed by atoms with Gasteiger partial charge in [0.05, 0.1) is 49.1 Å². The zero-order valence-corrected chi connectivity index (χ0v) is 25.7. The molecule has 12 nitrogen and oxygen atoms in total. The molecule has 3 aromatic heterocycles. The molecule has 0 saturated carbocycles. The van der Waals surface area contributed by atoms with E-state index < -0.39 is 0 Å². The zero-order valence-electron chi connectivity index (χ0n) is 25.7. The number of benzene rings is 1. The number of anilines is 5. The molecule has 6 rings (SSSR count). The van der Waals surface area contributed by atoms with Crippen molar-refractivity contribution >= 4 is 45.6 Å². The number of ether oxygens (including phenoxy) is 2. The third kappa shape index (κ3) is 6.11. The van der Waals surface area contributed by atoms with E-state index >= 15 is 0 Å². The predicted molar refractivity (Wildman–Crippen MR) is 173 cm³/mol. The highest BCUT2D eigenvalue weighted by Gasteiger charge is 2.30. The Balaban J connectivity index is 1.15. The van der Waals surface area contributed by atoms with Gasteiger partial charge in [0.15, 0.2) is 0 Å². The predicted octanol–water partition coefficient (Wildman–Crippen LogP) is 4.04. The lowest BCUT2D eigenvalue weighted by atomic mass is 10.0. The van der Waals surface area contributed by atoms with Gasteiger partial charge in [-0.3, -0.25) is 4.79 Å².